The monoisotopic (exact) mass is 342 g/mol. The summed E-state index contributed by atoms with van der Waals surface area (Å²) in [6.45, 7) is 0.994. The van der Waals surface area contributed by atoms with Crippen LogP contribution in [0.2, 0.25) is 0 Å². The summed E-state index contributed by atoms with van der Waals surface area (Å²) in [7, 11) is 0. The number of carbonyl (C=O) groups excluding carboxylic acids is 2. The van der Waals surface area contributed by atoms with Crippen LogP contribution in [0.4, 0.5) is 13.2 Å². The van der Waals surface area contributed by atoms with Crippen molar-refractivity contribution in [2.24, 2.45) is 0 Å². The zero-order valence-corrected chi connectivity index (χ0v) is 12.9. The first-order valence-electron chi connectivity index (χ1n) is 7.78. The van der Waals surface area contributed by atoms with Crippen molar-refractivity contribution in [3.8, 4) is 5.75 Å². The van der Waals surface area contributed by atoms with Crippen LogP contribution in [0.1, 0.15) is 36.0 Å². The number of nitrogens with one attached hydrogen (secondary N) is 1. The Morgan fingerprint density at radius 3 is 2.71 bits per heavy atom. The topological polar surface area (TPSA) is 58.6 Å². The molecule has 1 atom stereocenters. The van der Waals surface area contributed by atoms with Gasteiger partial charge >= 0.3 is 6.36 Å². The largest absolute Gasteiger partial charge is 0.573 e. The first-order valence-corrected chi connectivity index (χ1v) is 7.78. The van der Waals surface area contributed by atoms with Gasteiger partial charge in [0.25, 0.3) is 5.91 Å². The van der Waals surface area contributed by atoms with Gasteiger partial charge in [-0.3, -0.25) is 9.59 Å². The van der Waals surface area contributed by atoms with E-state index in [1.165, 1.54) is 17.0 Å². The molecule has 1 N–H and O–H groups in total. The van der Waals surface area contributed by atoms with Gasteiger partial charge in [-0.25, -0.2) is 0 Å². The number of benzene rings is 1. The molecule has 0 saturated carbocycles. The summed E-state index contributed by atoms with van der Waals surface area (Å²) < 4.78 is 40.9. The molecule has 1 unspecified atom stereocenters. The van der Waals surface area contributed by atoms with Crippen LogP contribution >= 0.6 is 0 Å². The number of amides is 2. The van der Waals surface area contributed by atoms with Gasteiger partial charge in [0.1, 0.15) is 11.3 Å². The number of rotatable bonds is 2. The molecule has 0 bridgehead atoms. The average Bonchev–Trinajstić information content (AvgIpc) is 2.93. The number of likely N-dealkylation sites (tertiary alicyclic amines) is 1. The summed E-state index contributed by atoms with van der Waals surface area (Å²) in [5.41, 5.74) is -0.799. The van der Waals surface area contributed by atoms with E-state index >= 15 is 0 Å². The fourth-order valence-electron chi connectivity index (χ4n) is 3.51. The summed E-state index contributed by atoms with van der Waals surface area (Å²) in [5.74, 6) is -1.07. The molecular weight excluding hydrogens is 325 g/mol. The first kappa shape index (κ1) is 16.6. The molecule has 1 spiro atoms. The van der Waals surface area contributed by atoms with E-state index in [9.17, 15) is 22.8 Å². The zero-order valence-electron chi connectivity index (χ0n) is 12.9. The van der Waals surface area contributed by atoms with E-state index in [2.05, 4.69) is 10.1 Å². The van der Waals surface area contributed by atoms with Crippen LogP contribution in [0, 0.1) is 0 Å². The minimum absolute atomic E-state index is 0.0800. The van der Waals surface area contributed by atoms with E-state index < -0.39 is 23.6 Å². The Bertz CT molecular complexity index is 662. The van der Waals surface area contributed by atoms with Gasteiger partial charge in [0.2, 0.25) is 5.91 Å². The normalized spacial score (nSPS) is 24.1. The molecule has 3 rings (SSSR count). The van der Waals surface area contributed by atoms with Crippen LogP contribution in [0.5, 0.6) is 5.75 Å². The smallest absolute Gasteiger partial charge is 0.406 e. The highest BCUT2D eigenvalue weighted by Crippen LogP contribution is 2.37. The maximum atomic E-state index is 12.8. The third-order valence-electron chi connectivity index (χ3n) is 4.52. The quantitative estimate of drug-likeness (QED) is 0.898. The van der Waals surface area contributed by atoms with Crippen molar-refractivity contribution in [2.45, 2.75) is 37.6 Å². The second kappa shape index (κ2) is 5.99. The molecule has 0 radical (unpaired) electrons. The Kier molecular flexibility index (Phi) is 4.15. The summed E-state index contributed by atoms with van der Waals surface area (Å²) in [4.78, 5) is 26.6. The summed E-state index contributed by atoms with van der Waals surface area (Å²) in [6.07, 6.45) is -2.21. The Morgan fingerprint density at radius 2 is 2.00 bits per heavy atom. The van der Waals surface area contributed by atoms with Crippen molar-refractivity contribution in [3.63, 3.8) is 0 Å². The molecule has 0 aromatic heterocycles. The van der Waals surface area contributed by atoms with Gasteiger partial charge in [0, 0.05) is 18.7 Å². The van der Waals surface area contributed by atoms with Crippen molar-refractivity contribution >= 4 is 11.8 Å². The lowest BCUT2D eigenvalue weighted by Gasteiger charge is -2.40. The second-order valence-electron chi connectivity index (χ2n) is 6.03. The fraction of sp³-hybridized carbons (Fsp3) is 0.500. The number of hydrogen-bond donors (Lipinski definition) is 1. The van der Waals surface area contributed by atoms with Crippen LogP contribution < -0.4 is 10.1 Å². The van der Waals surface area contributed by atoms with Gasteiger partial charge in [-0.1, -0.05) is 6.07 Å². The Balaban J connectivity index is 1.86. The molecule has 2 aliphatic rings. The van der Waals surface area contributed by atoms with Crippen molar-refractivity contribution < 1.29 is 27.5 Å². The lowest BCUT2D eigenvalue weighted by Crippen LogP contribution is -2.60. The molecule has 2 aliphatic heterocycles. The van der Waals surface area contributed by atoms with E-state index in [1.807, 2.05) is 0 Å². The van der Waals surface area contributed by atoms with Gasteiger partial charge in [-0.15, -0.1) is 13.2 Å². The molecular formula is C16H17F3N2O3. The number of hydrogen-bond acceptors (Lipinski definition) is 3. The maximum absolute atomic E-state index is 12.8. The molecule has 8 heteroatoms. The number of alkyl halides is 3. The highest BCUT2D eigenvalue weighted by molar-refractivity contribution is 6.00. The third-order valence-corrected chi connectivity index (χ3v) is 4.52. The highest BCUT2D eigenvalue weighted by Gasteiger charge is 2.50. The molecule has 130 valence electrons. The predicted octanol–water partition coefficient (Wildman–Crippen LogP) is 2.47. The average molecular weight is 342 g/mol. The van der Waals surface area contributed by atoms with Crippen molar-refractivity contribution in [1.82, 2.24) is 10.2 Å². The SMILES string of the molecule is O=C(c1cccc(OC(F)(F)F)c1)N1CCCC12CCCNC2=O. The second-order valence-corrected chi connectivity index (χ2v) is 6.03. The Hall–Kier alpha value is -2.25. The van der Waals surface area contributed by atoms with Crippen LogP contribution in [-0.4, -0.2) is 41.7 Å². The molecule has 24 heavy (non-hydrogen) atoms. The van der Waals surface area contributed by atoms with Gasteiger partial charge in [-0.05, 0) is 43.9 Å². The molecule has 2 fully saturated rings. The lowest BCUT2D eigenvalue weighted by molar-refractivity contribution is -0.274. The van der Waals surface area contributed by atoms with Crippen LogP contribution in [-0.2, 0) is 4.79 Å². The van der Waals surface area contributed by atoms with E-state index in [0.717, 1.165) is 18.6 Å². The van der Waals surface area contributed by atoms with Crippen molar-refractivity contribution in [1.29, 1.82) is 0 Å². The number of ether oxygens (including phenoxy) is 1. The van der Waals surface area contributed by atoms with Gasteiger partial charge in [0.15, 0.2) is 0 Å². The third kappa shape index (κ3) is 3.05. The molecule has 2 heterocycles. The van der Waals surface area contributed by atoms with E-state index in [0.29, 0.717) is 32.4 Å². The summed E-state index contributed by atoms with van der Waals surface area (Å²) in [6, 6.07) is 4.95. The fourth-order valence-corrected chi connectivity index (χ4v) is 3.51. The molecule has 1 aromatic rings. The van der Waals surface area contributed by atoms with E-state index in [1.54, 1.807) is 0 Å². The molecule has 2 amide bonds. The van der Waals surface area contributed by atoms with Gasteiger partial charge < -0.3 is 15.0 Å². The molecule has 5 nitrogen and oxygen atoms in total. The number of carbonyl (C=O) groups is 2. The van der Waals surface area contributed by atoms with E-state index in [-0.39, 0.29) is 11.5 Å². The molecule has 2 saturated heterocycles. The van der Waals surface area contributed by atoms with Crippen molar-refractivity contribution in [2.75, 3.05) is 13.1 Å². The molecule has 1 aromatic carbocycles. The summed E-state index contributed by atoms with van der Waals surface area (Å²) in [5, 5.41) is 2.79. The van der Waals surface area contributed by atoms with Gasteiger partial charge in [-0.2, -0.15) is 0 Å². The number of nitrogens with zero attached hydrogens (tertiary/aromatic N) is 1. The van der Waals surface area contributed by atoms with Crippen LogP contribution in [0.3, 0.4) is 0 Å². The van der Waals surface area contributed by atoms with Crippen LogP contribution in [0.15, 0.2) is 24.3 Å². The highest BCUT2D eigenvalue weighted by atomic mass is 19.4. The van der Waals surface area contributed by atoms with E-state index in [4.69, 9.17) is 0 Å². The minimum atomic E-state index is -4.82. The summed E-state index contributed by atoms with van der Waals surface area (Å²) >= 11 is 0. The predicted molar refractivity (Wildman–Crippen MR) is 78.4 cm³/mol. The van der Waals surface area contributed by atoms with Crippen molar-refractivity contribution in [3.05, 3.63) is 29.8 Å². The number of piperidine rings is 1. The lowest BCUT2D eigenvalue weighted by atomic mass is 9.86. The first-order chi connectivity index (χ1) is 11.3. The Morgan fingerprint density at radius 1 is 1.25 bits per heavy atom. The van der Waals surface area contributed by atoms with Crippen LogP contribution in [0.25, 0.3) is 0 Å². The maximum Gasteiger partial charge on any atom is 0.573 e. The minimum Gasteiger partial charge on any atom is -0.406 e. The molecule has 0 aliphatic carbocycles. The Labute approximate surface area is 136 Å². The standard InChI is InChI=1S/C16H17F3N2O3/c17-16(18,19)24-12-5-1-4-11(10-12)13(22)21-9-3-7-15(21)6-2-8-20-14(15)23/h1,4-5,10H,2-3,6-9H2,(H,20,23). The van der Waals surface area contributed by atoms with Gasteiger partial charge in [0.05, 0.1) is 0 Å². The number of halogens is 3. The zero-order chi connectivity index (χ0) is 17.4.